The molecule has 0 aromatic carbocycles. The summed E-state index contributed by atoms with van der Waals surface area (Å²) in [6.45, 7) is 5.34. The van der Waals surface area contributed by atoms with E-state index in [9.17, 15) is 9.90 Å². The van der Waals surface area contributed by atoms with Crippen LogP contribution in [-0.4, -0.2) is 48.3 Å². The maximum absolute atomic E-state index is 11.7. The zero-order valence-electron chi connectivity index (χ0n) is 9.82. The molecule has 1 fully saturated rings. The van der Waals surface area contributed by atoms with Crippen molar-refractivity contribution in [2.45, 2.75) is 32.3 Å². The lowest BCUT2D eigenvalue weighted by atomic mass is 9.99. The third-order valence-electron chi connectivity index (χ3n) is 2.74. The Kier molecular flexibility index (Phi) is 4.11. The number of amides is 1. The van der Waals surface area contributed by atoms with E-state index in [1.165, 1.54) is 13.8 Å². The van der Waals surface area contributed by atoms with Gasteiger partial charge in [-0.05, 0) is 32.6 Å². The number of hydrogen-bond acceptors (Lipinski definition) is 3. The van der Waals surface area contributed by atoms with Gasteiger partial charge in [0.15, 0.2) is 0 Å². The Morgan fingerprint density at radius 2 is 2.00 bits per heavy atom. The van der Waals surface area contributed by atoms with Gasteiger partial charge in [-0.15, -0.1) is 0 Å². The van der Waals surface area contributed by atoms with Gasteiger partial charge in [0.25, 0.3) is 5.91 Å². The van der Waals surface area contributed by atoms with Crippen molar-refractivity contribution >= 4 is 5.91 Å². The minimum Gasteiger partial charge on any atom is -0.381 e. The molecule has 1 N–H and O–H groups in total. The van der Waals surface area contributed by atoms with Crippen molar-refractivity contribution in [1.29, 1.82) is 0 Å². The quantitative estimate of drug-likeness (QED) is 0.751. The summed E-state index contributed by atoms with van der Waals surface area (Å²) in [5.74, 6) is 0.295. The molecular formula is C11H21NO3. The van der Waals surface area contributed by atoms with Gasteiger partial charge in [-0.2, -0.15) is 0 Å². The van der Waals surface area contributed by atoms with E-state index in [2.05, 4.69) is 0 Å². The second kappa shape index (κ2) is 4.94. The minimum atomic E-state index is -1.26. The molecule has 4 heteroatoms. The predicted molar refractivity (Wildman–Crippen MR) is 57.5 cm³/mol. The molecule has 0 saturated carbocycles. The molecule has 1 aliphatic rings. The van der Waals surface area contributed by atoms with Gasteiger partial charge in [-0.3, -0.25) is 4.79 Å². The van der Waals surface area contributed by atoms with Gasteiger partial charge in [0.05, 0.1) is 0 Å². The molecule has 1 amide bonds. The lowest BCUT2D eigenvalue weighted by Crippen LogP contribution is -2.45. The zero-order valence-corrected chi connectivity index (χ0v) is 9.82. The molecule has 0 unspecified atom stereocenters. The Morgan fingerprint density at radius 3 is 2.47 bits per heavy atom. The van der Waals surface area contributed by atoms with E-state index in [1.54, 1.807) is 11.9 Å². The van der Waals surface area contributed by atoms with Crippen LogP contribution in [0.1, 0.15) is 26.7 Å². The molecule has 1 aliphatic heterocycles. The van der Waals surface area contributed by atoms with Crippen LogP contribution in [0, 0.1) is 5.92 Å². The summed E-state index contributed by atoms with van der Waals surface area (Å²) in [6.07, 6.45) is 2.01. The fraction of sp³-hybridized carbons (Fsp3) is 0.909. The molecule has 15 heavy (non-hydrogen) atoms. The highest BCUT2D eigenvalue weighted by Crippen LogP contribution is 2.17. The van der Waals surface area contributed by atoms with Crippen molar-refractivity contribution in [3.63, 3.8) is 0 Å². The SMILES string of the molecule is CN(CC1CCOCC1)C(=O)C(C)(C)O. The van der Waals surface area contributed by atoms with E-state index in [4.69, 9.17) is 4.74 Å². The van der Waals surface area contributed by atoms with Crippen LogP contribution in [0.4, 0.5) is 0 Å². The molecule has 0 radical (unpaired) electrons. The fourth-order valence-electron chi connectivity index (χ4n) is 1.87. The normalized spacial score (nSPS) is 18.9. The first kappa shape index (κ1) is 12.5. The van der Waals surface area contributed by atoms with E-state index in [1.807, 2.05) is 0 Å². The predicted octanol–water partition coefficient (Wildman–Crippen LogP) is 0.642. The number of ether oxygens (including phenoxy) is 1. The van der Waals surface area contributed by atoms with Gasteiger partial charge in [-0.1, -0.05) is 0 Å². The molecule has 0 aromatic heterocycles. The van der Waals surface area contributed by atoms with Crippen molar-refractivity contribution in [2.24, 2.45) is 5.92 Å². The van der Waals surface area contributed by atoms with Crippen LogP contribution < -0.4 is 0 Å². The monoisotopic (exact) mass is 215 g/mol. The van der Waals surface area contributed by atoms with Gasteiger partial charge >= 0.3 is 0 Å². The van der Waals surface area contributed by atoms with E-state index >= 15 is 0 Å². The number of hydrogen-bond donors (Lipinski definition) is 1. The van der Waals surface area contributed by atoms with E-state index in [-0.39, 0.29) is 5.91 Å². The molecule has 1 saturated heterocycles. The highest BCUT2D eigenvalue weighted by atomic mass is 16.5. The number of carbonyl (C=O) groups is 1. The second-order valence-electron chi connectivity index (χ2n) is 4.80. The molecule has 4 nitrogen and oxygen atoms in total. The average molecular weight is 215 g/mol. The lowest BCUT2D eigenvalue weighted by Gasteiger charge is -2.30. The number of rotatable bonds is 3. The maximum Gasteiger partial charge on any atom is 0.253 e. The smallest absolute Gasteiger partial charge is 0.253 e. The van der Waals surface area contributed by atoms with E-state index < -0.39 is 5.60 Å². The zero-order chi connectivity index (χ0) is 11.5. The molecule has 0 atom stereocenters. The fourth-order valence-corrected chi connectivity index (χ4v) is 1.87. The van der Waals surface area contributed by atoms with Gasteiger partial charge in [0, 0.05) is 26.8 Å². The highest BCUT2D eigenvalue weighted by molar-refractivity contribution is 5.83. The summed E-state index contributed by atoms with van der Waals surface area (Å²) in [5, 5.41) is 9.57. The number of likely N-dealkylation sites (N-methyl/N-ethyl adjacent to an activating group) is 1. The molecular weight excluding hydrogens is 194 g/mol. The highest BCUT2D eigenvalue weighted by Gasteiger charge is 2.28. The van der Waals surface area contributed by atoms with Gasteiger partial charge in [-0.25, -0.2) is 0 Å². The van der Waals surface area contributed by atoms with Crippen LogP contribution in [0.15, 0.2) is 0 Å². The Morgan fingerprint density at radius 1 is 1.47 bits per heavy atom. The van der Waals surface area contributed by atoms with Crippen LogP contribution >= 0.6 is 0 Å². The summed E-state index contributed by atoms with van der Waals surface area (Å²) >= 11 is 0. The number of aliphatic hydroxyl groups is 1. The summed E-state index contributed by atoms with van der Waals surface area (Å²) in [4.78, 5) is 13.3. The summed E-state index contributed by atoms with van der Waals surface area (Å²) in [6, 6.07) is 0. The Labute approximate surface area is 91.2 Å². The van der Waals surface area contributed by atoms with Gasteiger partial charge in [0.2, 0.25) is 0 Å². The van der Waals surface area contributed by atoms with Crippen molar-refractivity contribution in [2.75, 3.05) is 26.8 Å². The first-order chi connectivity index (χ1) is 6.91. The maximum atomic E-state index is 11.7. The van der Waals surface area contributed by atoms with Gasteiger partial charge in [0.1, 0.15) is 5.60 Å². The molecule has 0 bridgehead atoms. The van der Waals surface area contributed by atoms with Crippen molar-refractivity contribution in [3.8, 4) is 0 Å². The Balaban J connectivity index is 2.40. The summed E-state index contributed by atoms with van der Waals surface area (Å²) < 4.78 is 5.26. The van der Waals surface area contributed by atoms with Crippen molar-refractivity contribution < 1.29 is 14.6 Å². The number of carbonyl (C=O) groups excluding carboxylic acids is 1. The second-order valence-corrected chi connectivity index (χ2v) is 4.80. The van der Waals surface area contributed by atoms with Crippen molar-refractivity contribution in [3.05, 3.63) is 0 Å². The van der Waals surface area contributed by atoms with Crippen molar-refractivity contribution in [1.82, 2.24) is 4.90 Å². The Bertz CT molecular complexity index is 216. The Hall–Kier alpha value is -0.610. The molecule has 0 aliphatic carbocycles. The molecule has 1 rings (SSSR count). The van der Waals surface area contributed by atoms with Crippen LogP contribution in [0.25, 0.3) is 0 Å². The largest absolute Gasteiger partial charge is 0.381 e. The lowest BCUT2D eigenvalue weighted by molar-refractivity contribution is -0.147. The first-order valence-corrected chi connectivity index (χ1v) is 5.47. The van der Waals surface area contributed by atoms with Crippen LogP contribution in [0.2, 0.25) is 0 Å². The molecule has 0 aromatic rings. The van der Waals surface area contributed by atoms with E-state index in [0.717, 1.165) is 26.1 Å². The van der Waals surface area contributed by atoms with E-state index in [0.29, 0.717) is 12.5 Å². The summed E-state index contributed by atoms with van der Waals surface area (Å²) in [7, 11) is 1.75. The molecule has 1 heterocycles. The number of nitrogens with zero attached hydrogens (tertiary/aromatic N) is 1. The van der Waals surface area contributed by atoms with Crippen LogP contribution in [0.5, 0.6) is 0 Å². The third-order valence-corrected chi connectivity index (χ3v) is 2.74. The average Bonchev–Trinajstić information content (AvgIpc) is 2.16. The van der Waals surface area contributed by atoms with Crippen LogP contribution in [-0.2, 0) is 9.53 Å². The first-order valence-electron chi connectivity index (χ1n) is 5.47. The summed E-state index contributed by atoms with van der Waals surface area (Å²) in [5.41, 5.74) is -1.26. The molecule has 88 valence electrons. The topological polar surface area (TPSA) is 49.8 Å². The standard InChI is InChI=1S/C11H21NO3/c1-11(2,14)10(13)12(3)8-9-4-6-15-7-5-9/h9,14H,4-8H2,1-3H3. The minimum absolute atomic E-state index is 0.214. The molecule has 0 spiro atoms. The third kappa shape index (κ3) is 3.80. The van der Waals surface area contributed by atoms with Crippen LogP contribution in [0.3, 0.4) is 0 Å². The van der Waals surface area contributed by atoms with Gasteiger partial charge < -0.3 is 14.7 Å².